The number of anilines is 3. The van der Waals surface area contributed by atoms with E-state index in [1.165, 1.54) is 71.3 Å². The standard InChI is InChI=1S/C56H43BBrNO2/c1-54(2)49-15-9-8-14-46(49)48-33-40-22-21-39-32-42(26-29-45(39)47(40)34-50(48)54)57-60-55(3)53(56(55,4)61-57)41-23-20-37-30-36(18-19-38(37)31-41)35-24-27-44(28-25-35)59(43-12-6-5-7-13-43)52-17-11-10-16-51(52)58/h5-34,53H,1-4H3. The molecule has 0 amide bonds. The van der Waals surface area contributed by atoms with Gasteiger partial charge in [0.15, 0.2) is 0 Å². The van der Waals surface area contributed by atoms with Gasteiger partial charge in [-0.05, 0) is 161 Å². The first kappa shape index (κ1) is 36.8. The number of halogens is 1. The number of rotatable bonds is 6. The molecule has 12 rings (SSSR count). The van der Waals surface area contributed by atoms with Crippen LogP contribution < -0.4 is 10.4 Å². The molecule has 9 aromatic rings. The van der Waals surface area contributed by atoms with Gasteiger partial charge in [0.2, 0.25) is 0 Å². The Morgan fingerprint density at radius 1 is 0.492 bits per heavy atom. The summed E-state index contributed by atoms with van der Waals surface area (Å²) in [5.74, 6) is 0.143. The van der Waals surface area contributed by atoms with E-state index < -0.39 is 18.3 Å². The van der Waals surface area contributed by atoms with E-state index in [4.69, 9.17) is 9.31 Å². The van der Waals surface area contributed by atoms with Crippen molar-refractivity contribution >= 4 is 77.9 Å². The maximum absolute atomic E-state index is 6.89. The molecule has 61 heavy (non-hydrogen) atoms. The fraction of sp³-hybridized carbons (Fsp3) is 0.143. The molecule has 1 aliphatic heterocycles. The monoisotopic (exact) mass is 851 g/mol. The molecule has 0 N–H and O–H groups in total. The molecule has 2 fully saturated rings. The van der Waals surface area contributed by atoms with E-state index in [2.05, 4.69) is 224 Å². The molecule has 0 spiro atoms. The van der Waals surface area contributed by atoms with Crippen molar-refractivity contribution in [1.82, 2.24) is 0 Å². The van der Waals surface area contributed by atoms with Crippen LogP contribution in [0, 0.1) is 0 Å². The van der Waals surface area contributed by atoms with E-state index in [1.807, 2.05) is 6.07 Å². The Hall–Kier alpha value is -5.98. The van der Waals surface area contributed by atoms with E-state index in [1.54, 1.807) is 0 Å². The molecular weight excluding hydrogens is 809 g/mol. The Bertz CT molecular complexity index is 3240. The molecule has 2 atom stereocenters. The number of benzene rings is 9. The first-order valence-electron chi connectivity index (χ1n) is 21.3. The molecule has 0 aromatic heterocycles. The molecule has 1 saturated heterocycles. The highest BCUT2D eigenvalue weighted by molar-refractivity contribution is 9.10. The molecule has 1 saturated carbocycles. The lowest BCUT2D eigenvalue weighted by Gasteiger charge is -2.26. The highest BCUT2D eigenvalue weighted by Gasteiger charge is 2.79. The molecule has 294 valence electrons. The van der Waals surface area contributed by atoms with Crippen LogP contribution in [0.25, 0.3) is 54.6 Å². The Morgan fingerprint density at radius 2 is 1.13 bits per heavy atom. The molecule has 2 aliphatic carbocycles. The van der Waals surface area contributed by atoms with Crippen LogP contribution in [-0.4, -0.2) is 18.3 Å². The largest absolute Gasteiger partial charge is 0.494 e. The second-order valence-corrected chi connectivity index (χ2v) is 18.9. The molecule has 9 aromatic carbocycles. The van der Waals surface area contributed by atoms with Crippen LogP contribution in [0.15, 0.2) is 186 Å². The van der Waals surface area contributed by atoms with E-state index in [-0.39, 0.29) is 11.3 Å². The van der Waals surface area contributed by atoms with Gasteiger partial charge in [0.1, 0.15) is 0 Å². The molecule has 3 nitrogen and oxygen atoms in total. The van der Waals surface area contributed by atoms with Crippen molar-refractivity contribution < 1.29 is 9.31 Å². The molecule has 1 heterocycles. The van der Waals surface area contributed by atoms with Gasteiger partial charge in [-0.1, -0.05) is 141 Å². The normalized spacial score (nSPS) is 20.8. The highest BCUT2D eigenvalue weighted by atomic mass is 79.9. The third-order valence-corrected chi connectivity index (χ3v) is 15.0. The Balaban J connectivity index is 0.786. The first-order valence-corrected chi connectivity index (χ1v) is 22.1. The number of fused-ring (bicyclic) bond motifs is 8. The molecular formula is C56H43BBrNO2. The SMILES string of the molecule is CC1(C)c2ccccc2-c2cc3ccc4cc(B5OC6(C)C(c7ccc8cc(-c9ccc(N(c%10ccccc%10)c%10ccccc%10Br)cc9)ccc8c7)C6(C)O5)ccc4c3cc21. The summed E-state index contributed by atoms with van der Waals surface area (Å²) in [7, 11) is -0.414. The summed E-state index contributed by atoms with van der Waals surface area (Å²) in [5.41, 5.74) is 12.6. The van der Waals surface area contributed by atoms with Crippen molar-refractivity contribution in [3.63, 3.8) is 0 Å². The molecule has 5 heteroatoms. The van der Waals surface area contributed by atoms with Gasteiger partial charge in [0.25, 0.3) is 0 Å². The molecule has 0 radical (unpaired) electrons. The van der Waals surface area contributed by atoms with Crippen molar-refractivity contribution in [2.45, 2.75) is 50.2 Å². The van der Waals surface area contributed by atoms with Gasteiger partial charge in [0, 0.05) is 27.2 Å². The minimum Gasteiger partial charge on any atom is -0.398 e. The summed E-state index contributed by atoms with van der Waals surface area (Å²) in [5, 5.41) is 7.47. The van der Waals surface area contributed by atoms with Gasteiger partial charge in [-0.2, -0.15) is 0 Å². The van der Waals surface area contributed by atoms with Crippen LogP contribution in [0.1, 0.15) is 50.3 Å². The first-order chi connectivity index (χ1) is 29.6. The number of hydrogen-bond donors (Lipinski definition) is 0. The van der Waals surface area contributed by atoms with Gasteiger partial charge in [0.05, 0.1) is 16.9 Å². The van der Waals surface area contributed by atoms with Crippen LogP contribution in [0.2, 0.25) is 0 Å². The Morgan fingerprint density at radius 3 is 1.92 bits per heavy atom. The quantitative estimate of drug-likeness (QED) is 0.123. The lowest BCUT2D eigenvalue weighted by Crippen LogP contribution is -2.37. The van der Waals surface area contributed by atoms with Crippen molar-refractivity contribution in [1.29, 1.82) is 0 Å². The van der Waals surface area contributed by atoms with E-state index in [9.17, 15) is 0 Å². The topological polar surface area (TPSA) is 21.7 Å². The summed E-state index contributed by atoms with van der Waals surface area (Å²) in [6.45, 7) is 9.14. The number of hydrogen-bond acceptors (Lipinski definition) is 3. The Labute approximate surface area is 365 Å². The van der Waals surface area contributed by atoms with Crippen molar-refractivity contribution in [2.75, 3.05) is 4.90 Å². The maximum Gasteiger partial charge on any atom is 0.494 e. The van der Waals surface area contributed by atoms with E-state index in [0.29, 0.717) is 0 Å². The average Bonchev–Trinajstić information content (AvgIpc) is 3.47. The van der Waals surface area contributed by atoms with E-state index in [0.717, 1.165) is 27.0 Å². The van der Waals surface area contributed by atoms with Gasteiger partial charge in [-0.25, -0.2) is 0 Å². The van der Waals surface area contributed by atoms with E-state index >= 15 is 0 Å². The van der Waals surface area contributed by atoms with Crippen LogP contribution in [0.3, 0.4) is 0 Å². The predicted molar refractivity (Wildman–Crippen MR) is 258 cm³/mol. The summed E-state index contributed by atoms with van der Waals surface area (Å²) in [6.07, 6.45) is 0. The molecule has 0 bridgehead atoms. The fourth-order valence-electron chi connectivity index (χ4n) is 10.8. The summed E-state index contributed by atoms with van der Waals surface area (Å²) < 4.78 is 14.8. The zero-order chi connectivity index (χ0) is 41.3. The zero-order valence-electron chi connectivity index (χ0n) is 34.6. The van der Waals surface area contributed by atoms with Gasteiger partial charge >= 0.3 is 7.12 Å². The second kappa shape index (κ2) is 13.3. The zero-order valence-corrected chi connectivity index (χ0v) is 36.2. The van der Waals surface area contributed by atoms with Crippen LogP contribution >= 0.6 is 15.9 Å². The number of nitrogens with zero attached hydrogens (tertiary/aromatic N) is 1. The number of para-hydroxylation sites is 2. The maximum atomic E-state index is 6.89. The smallest absolute Gasteiger partial charge is 0.398 e. The highest BCUT2D eigenvalue weighted by Crippen LogP contribution is 2.68. The summed E-state index contributed by atoms with van der Waals surface area (Å²) in [4.78, 5) is 2.28. The lowest BCUT2D eigenvalue weighted by atomic mass is 9.77. The summed E-state index contributed by atoms with van der Waals surface area (Å²) >= 11 is 3.78. The lowest BCUT2D eigenvalue weighted by molar-refractivity contribution is 0.187. The average molecular weight is 853 g/mol. The predicted octanol–water partition coefficient (Wildman–Crippen LogP) is 14.4. The van der Waals surface area contributed by atoms with Gasteiger partial charge in [-0.3, -0.25) is 0 Å². The van der Waals surface area contributed by atoms with Crippen molar-refractivity contribution in [3.05, 3.63) is 203 Å². The van der Waals surface area contributed by atoms with Crippen molar-refractivity contribution in [3.8, 4) is 22.3 Å². The fourth-order valence-corrected chi connectivity index (χ4v) is 11.3. The van der Waals surface area contributed by atoms with Crippen LogP contribution in [-0.2, 0) is 14.7 Å². The summed E-state index contributed by atoms with van der Waals surface area (Å²) in [6, 6.07) is 66.3. The van der Waals surface area contributed by atoms with Crippen LogP contribution in [0.5, 0.6) is 0 Å². The van der Waals surface area contributed by atoms with Gasteiger partial charge in [-0.15, -0.1) is 0 Å². The second-order valence-electron chi connectivity index (χ2n) is 18.0. The minimum atomic E-state index is -0.421. The van der Waals surface area contributed by atoms with Crippen molar-refractivity contribution in [2.24, 2.45) is 0 Å². The molecule has 3 aliphatic rings. The third-order valence-electron chi connectivity index (χ3n) is 14.3. The molecule has 2 unspecified atom stereocenters. The minimum absolute atomic E-state index is 0.0366. The Kier molecular flexibility index (Phi) is 8.01. The van der Waals surface area contributed by atoms with Crippen LogP contribution in [0.4, 0.5) is 17.1 Å². The third kappa shape index (κ3) is 5.50. The van der Waals surface area contributed by atoms with Gasteiger partial charge < -0.3 is 14.2 Å².